The molecule has 0 radical (unpaired) electrons. The number of fused-ring (bicyclic) bond motifs is 7. The lowest BCUT2D eigenvalue weighted by Gasteiger charge is -2.20. The molecular formula is C42H32N4OS. The number of hydrogen-bond donors (Lipinski definition) is 0. The van der Waals surface area contributed by atoms with Crippen molar-refractivity contribution in [3.63, 3.8) is 0 Å². The van der Waals surface area contributed by atoms with Gasteiger partial charge in [-0.3, -0.25) is 4.57 Å². The van der Waals surface area contributed by atoms with Crippen molar-refractivity contribution in [1.82, 2.24) is 19.3 Å². The van der Waals surface area contributed by atoms with Crippen LogP contribution in [0.1, 0.15) is 26.3 Å². The summed E-state index contributed by atoms with van der Waals surface area (Å²) in [5.41, 5.74) is 6.39. The molecule has 9 rings (SSSR count). The fourth-order valence-corrected chi connectivity index (χ4v) is 7.77. The summed E-state index contributed by atoms with van der Waals surface area (Å²) in [6, 6.07) is 44.3. The highest BCUT2D eigenvalue weighted by atomic mass is 32.1. The Balaban J connectivity index is 1.20. The molecule has 9 aromatic rings. The van der Waals surface area contributed by atoms with Gasteiger partial charge in [0.05, 0.1) is 22.4 Å². The summed E-state index contributed by atoms with van der Waals surface area (Å²) >= 11 is 1.84. The summed E-state index contributed by atoms with van der Waals surface area (Å²) < 4.78 is 13.3. The van der Waals surface area contributed by atoms with E-state index in [0.29, 0.717) is 0 Å². The number of benzene rings is 5. The Labute approximate surface area is 282 Å². The lowest BCUT2D eigenvalue weighted by atomic mass is 9.88. The smallest absolute Gasteiger partial charge is 0.137 e. The quantitative estimate of drug-likeness (QED) is 0.188. The van der Waals surface area contributed by atoms with Gasteiger partial charge in [-0.05, 0) is 65.6 Å². The van der Waals surface area contributed by atoms with Gasteiger partial charge in [-0.25, -0.2) is 9.67 Å². The Hall–Kier alpha value is -5.72. The zero-order valence-electron chi connectivity index (χ0n) is 26.9. The van der Waals surface area contributed by atoms with Crippen molar-refractivity contribution in [3.05, 3.63) is 145 Å². The third-order valence-corrected chi connectivity index (χ3v) is 10.2. The van der Waals surface area contributed by atoms with Crippen molar-refractivity contribution in [2.24, 2.45) is 0 Å². The van der Waals surface area contributed by atoms with Crippen molar-refractivity contribution < 1.29 is 4.74 Å². The van der Waals surface area contributed by atoms with Gasteiger partial charge in [0.1, 0.15) is 17.3 Å². The van der Waals surface area contributed by atoms with E-state index in [-0.39, 0.29) is 5.41 Å². The van der Waals surface area contributed by atoms with Gasteiger partial charge in [0.15, 0.2) is 0 Å². The number of rotatable bonds is 5. The Morgan fingerprint density at radius 3 is 2.35 bits per heavy atom. The van der Waals surface area contributed by atoms with Crippen LogP contribution >= 0.6 is 11.3 Å². The third-order valence-electron chi connectivity index (χ3n) is 9.06. The van der Waals surface area contributed by atoms with E-state index in [9.17, 15) is 0 Å². The molecule has 0 saturated carbocycles. The largest absolute Gasteiger partial charge is 0.457 e. The Morgan fingerprint density at radius 2 is 1.48 bits per heavy atom. The molecule has 6 heteroatoms. The van der Waals surface area contributed by atoms with Gasteiger partial charge in [-0.15, -0.1) is 11.3 Å². The molecule has 0 spiro atoms. The zero-order valence-corrected chi connectivity index (χ0v) is 27.7. The van der Waals surface area contributed by atoms with Gasteiger partial charge in [-0.2, -0.15) is 5.10 Å². The van der Waals surface area contributed by atoms with Gasteiger partial charge in [0.25, 0.3) is 0 Å². The minimum atomic E-state index is -0.0173. The fourth-order valence-electron chi connectivity index (χ4n) is 6.66. The average Bonchev–Trinajstić information content (AvgIpc) is 3.83. The molecule has 0 N–H and O–H groups in total. The molecule has 0 unspecified atom stereocenters. The van der Waals surface area contributed by atoms with Crippen LogP contribution in [0.5, 0.6) is 11.5 Å². The van der Waals surface area contributed by atoms with E-state index >= 15 is 0 Å². The van der Waals surface area contributed by atoms with Crippen LogP contribution in [0.4, 0.5) is 0 Å². The highest BCUT2D eigenvalue weighted by Gasteiger charge is 2.21. The summed E-state index contributed by atoms with van der Waals surface area (Å²) in [7, 11) is 0. The molecule has 4 heterocycles. The second kappa shape index (κ2) is 10.9. The van der Waals surface area contributed by atoms with Crippen LogP contribution in [0.3, 0.4) is 0 Å². The van der Waals surface area contributed by atoms with Gasteiger partial charge >= 0.3 is 0 Å². The average molecular weight is 641 g/mol. The van der Waals surface area contributed by atoms with Crippen LogP contribution in [0, 0.1) is 0 Å². The van der Waals surface area contributed by atoms with E-state index < -0.39 is 0 Å². The Morgan fingerprint density at radius 1 is 0.667 bits per heavy atom. The summed E-state index contributed by atoms with van der Waals surface area (Å²) in [5.74, 6) is 2.40. The minimum Gasteiger partial charge on any atom is -0.457 e. The topological polar surface area (TPSA) is 44.9 Å². The third kappa shape index (κ3) is 4.76. The predicted molar refractivity (Wildman–Crippen MR) is 199 cm³/mol. The number of hydrogen-bond acceptors (Lipinski definition) is 4. The molecule has 0 bridgehead atoms. The Kier molecular flexibility index (Phi) is 6.49. The molecule has 0 atom stereocenters. The first kappa shape index (κ1) is 28.5. The van der Waals surface area contributed by atoms with E-state index in [1.165, 1.54) is 36.6 Å². The van der Waals surface area contributed by atoms with Crippen molar-refractivity contribution >= 4 is 53.3 Å². The molecule has 0 amide bonds. The molecule has 0 aliphatic heterocycles. The molecule has 5 aromatic carbocycles. The predicted octanol–water partition coefficient (Wildman–Crippen LogP) is 11.5. The highest BCUT2D eigenvalue weighted by Crippen LogP contribution is 2.44. The van der Waals surface area contributed by atoms with Gasteiger partial charge < -0.3 is 4.74 Å². The maximum absolute atomic E-state index is 6.57. The van der Waals surface area contributed by atoms with Crippen molar-refractivity contribution in [2.45, 2.75) is 26.2 Å². The van der Waals surface area contributed by atoms with E-state index in [4.69, 9.17) is 14.8 Å². The van der Waals surface area contributed by atoms with Crippen LogP contribution in [0.15, 0.2) is 140 Å². The summed E-state index contributed by atoms with van der Waals surface area (Å²) in [4.78, 5) is 4.97. The highest BCUT2D eigenvalue weighted by molar-refractivity contribution is 7.26. The SMILES string of the molecule is CC(C)(C)c1ccnc(-n2c3cc(Oc4cccc(-n5ccc(-c6ccccc6)n5)c4)ccc3c3ccc4sc5ccccc5c4c32)c1. The lowest BCUT2D eigenvalue weighted by molar-refractivity contribution is 0.483. The van der Waals surface area contributed by atoms with Crippen molar-refractivity contribution in [3.8, 4) is 34.3 Å². The summed E-state index contributed by atoms with van der Waals surface area (Å²) in [6.07, 6.45) is 3.92. The lowest BCUT2D eigenvalue weighted by Crippen LogP contribution is -2.12. The Bertz CT molecular complexity index is 2640. The van der Waals surface area contributed by atoms with Crippen LogP contribution in [0.25, 0.3) is 64.7 Å². The number of ether oxygens (including phenoxy) is 1. The first-order chi connectivity index (χ1) is 23.4. The summed E-state index contributed by atoms with van der Waals surface area (Å²) in [5, 5.41) is 9.72. The van der Waals surface area contributed by atoms with Crippen molar-refractivity contribution in [1.29, 1.82) is 0 Å². The first-order valence-electron chi connectivity index (χ1n) is 16.2. The number of nitrogens with zero attached hydrogens (tertiary/aromatic N) is 4. The van der Waals surface area contributed by atoms with Gasteiger partial charge in [0.2, 0.25) is 0 Å². The summed E-state index contributed by atoms with van der Waals surface area (Å²) in [6.45, 7) is 6.73. The molecular weight excluding hydrogens is 609 g/mol. The number of aromatic nitrogens is 4. The molecule has 232 valence electrons. The fraction of sp³-hybridized carbons (Fsp3) is 0.0952. The molecule has 48 heavy (non-hydrogen) atoms. The molecule has 0 aliphatic rings. The maximum atomic E-state index is 6.57. The normalized spacial score (nSPS) is 12.1. The van der Waals surface area contributed by atoms with Gasteiger partial charge in [0, 0.05) is 61.0 Å². The molecule has 4 aromatic heterocycles. The van der Waals surface area contributed by atoms with Crippen LogP contribution in [-0.4, -0.2) is 19.3 Å². The zero-order chi connectivity index (χ0) is 32.4. The van der Waals surface area contributed by atoms with E-state index in [1.807, 2.05) is 76.9 Å². The van der Waals surface area contributed by atoms with E-state index in [0.717, 1.165) is 45.2 Å². The van der Waals surface area contributed by atoms with E-state index in [1.54, 1.807) is 0 Å². The molecule has 0 aliphatic carbocycles. The first-order valence-corrected chi connectivity index (χ1v) is 17.0. The van der Waals surface area contributed by atoms with Crippen LogP contribution < -0.4 is 4.74 Å². The van der Waals surface area contributed by atoms with Crippen LogP contribution in [-0.2, 0) is 5.41 Å². The second-order valence-corrected chi connectivity index (χ2v) is 14.3. The molecule has 5 nitrogen and oxygen atoms in total. The van der Waals surface area contributed by atoms with Crippen molar-refractivity contribution in [2.75, 3.05) is 0 Å². The number of pyridine rings is 1. The van der Waals surface area contributed by atoms with Gasteiger partial charge in [-0.1, -0.05) is 81.4 Å². The minimum absolute atomic E-state index is 0.0173. The molecule has 0 fully saturated rings. The monoisotopic (exact) mass is 640 g/mol. The van der Waals surface area contributed by atoms with E-state index in [2.05, 4.69) is 104 Å². The standard InChI is InChI=1S/C42H32N4OS/c1-42(2,3)28-20-22-43-39(24-28)46-36-26-31(16-17-32(36)33-18-19-38-40(41(33)46)34-14-7-8-15-37(34)48-38)47-30-13-9-12-29(25-30)45-23-21-35(44-45)27-10-5-4-6-11-27/h4-26H,1-3H3. The van der Waals surface area contributed by atoms with Crippen LogP contribution in [0.2, 0.25) is 0 Å². The second-order valence-electron chi connectivity index (χ2n) is 13.2. The maximum Gasteiger partial charge on any atom is 0.137 e. The number of thiophene rings is 1. The molecule has 0 saturated heterocycles.